The second-order valence-electron chi connectivity index (χ2n) is 7.12. The van der Waals surface area contributed by atoms with Crippen molar-refractivity contribution in [3.63, 3.8) is 0 Å². The van der Waals surface area contributed by atoms with E-state index < -0.39 is 0 Å². The number of amides is 1. The van der Waals surface area contributed by atoms with Crippen LogP contribution in [0, 0.1) is 5.92 Å². The maximum Gasteiger partial charge on any atom is 0.263 e. The largest absolute Gasteiger partial charge is 0.397 e. The molecule has 27 heavy (non-hydrogen) atoms. The molecule has 0 saturated heterocycles. The van der Waals surface area contributed by atoms with E-state index in [1.807, 2.05) is 24.3 Å². The molecular formula is C21H22ClN3OS. The minimum Gasteiger partial charge on any atom is -0.397 e. The topological polar surface area (TPSA) is 68.0 Å². The molecule has 0 unspecified atom stereocenters. The predicted molar refractivity (Wildman–Crippen MR) is 112 cm³/mol. The Kier molecular flexibility index (Phi) is 5.06. The number of aryl methyl sites for hydroxylation is 1. The lowest BCUT2D eigenvalue weighted by molar-refractivity contribution is 0.0956. The third-order valence-electron chi connectivity index (χ3n) is 5.34. The minimum atomic E-state index is -0.158. The van der Waals surface area contributed by atoms with Gasteiger partial charge in [0.25, 0.3) is 5.91 Å². The van der Waals surface area contributed by atoms with Gasteiger partial charge in [-0.3, -0.25) is 4.79 Å². The number of hydrogen-bond acceptors (Lipinski definition) is 4. The average Bonchev–Trinajstić information content (AvgIpc) is 3.01. The number of pyridine rings is 1. The summed E-state index contributed by atoms with van der Waals surface area (Å²) in [7, 11) is 0. The van der Waals surface area contributed by atoms with Gasteiger partial charge in [0.15, 0.2) is 0 Å². The zero-order valence-corrected chi connectivity index (χ0v) is 16.8. The van der Waals surface area contributed by atoms with E-state index in [1.54, 1.807) is 0 Å². The molecule has 1 aromatic carbocycles. The first-order chi connectivity index (χ1) is 13.0. The Morgan fingerprint density at radius 3 is 2.89 bits per heavy atom. The molecule has 2 heterocycles. The van der Waals surface area contributed by atoms with Gasteiger partial charge in [-0.1, -0.05) is 37.1 Å². The number of nitrogens with one attached hydrogen (secondary N) is 1. The van der Waals surface area contributed by atoms with E-state index in [1.165, 1.54) is 35.4 Å². The second kappa shape index (κ2) is 7.49. The normalized spacial score (nSPS) is 16.3. The minimum absolute atomic E-state index is 0.158. The highest BCUT2D eigenvalue weighted by Gasteiger charge is 2.23. The maximum atomic E-state index is 12.7. The van der Waals surface area contributed by atoms with Crippen molar-refractivity contribution in [1.29, 1.82) is 0 Å². The number of nitrogens with two attached hydrogens (primary N) is 1. The molecule has 0 spiro atoms. The van der Waals surface area contributed by atoms with Crippen LogP contribution in [0.4, 0.5) is 5.69 Å². The van der Waals surface area contributed by atoms with Crippen LogP contribution in [0.5, 0.6) is 0 Å². The molecule has 1 atom stereocenters. The number of benzene rings is 1. The third-order valence-corrected chi connectivity index (χ3v) is 6.70. The number of anilines is 1. The van der Waals surface area contributed by atoms with Crippen molar-refractivity contribution in [1.82, 2.24) is 10.3 Å². The fourth-order valence-corrected chi connectivity index (χ4v) is 4.79. The van der Waals surface area contributed by atoms with E-state index in [0.717, 1.165) is 34.5 Å². The summed E-state index contributed by atoms with van der Waals surface area (Å²) in [5, 5.41) is 4.53. The van der Waals surface area contributed by atoms with Gasteiger partial charge in [-0.05, 0) is 54.5 Å². The Labute approximate surface area is 167 Å². The van der Waals surface area contributed by atoms with Gasteiger partial charge in [0.1, 0.15) is 9.71 Å². The molecule has 0 aliphatic heterocycles. The number of nitrogen functional groups attached to an aromatic ring is 1. The van der Waals surface area contributed by atoms with Gasteiger partial charge in [-0.2, -0.15) is 0 Å². The quantitative estimate of drug-likeness (QED) is 0.650. The van der Waals surface area contributed by atoms with Gasteiger partial charge in [0.2, 0.25) is 0 Å². The molecule has 0 fully saturated rings. The SMILES string of the molecule is CC[C@@H]1CCc2nc3sc(C(=O)NCc4ccc(Cl)cc4)c(N)c3cc2C1. The van der Waals surface area contributed by atoms with E-state index in [9.17, 15) is 4.79 Å². The van der Waals surface area contributed by atoms with Gasteiger partial charge in [-0.25, -0.2) is 4.98 Å². The fraction of sp³-hybridized carbons (Fsp3) is 0.333. The van der Waals surface area contributed by atoms with Crippen molar-refractivity contribution in [3.05, 3.63) is 57.1 Å². The van der Waals surface area contributed by atoms with Crippen LogP contribution in [0.15, 0.2) is 30.3 Å². The molecule has 6 heteroatoms. The van der Waals surface area contributed by atoms with Gasteiger partial charge < -0.3 is 11.1 Å². The average molecular weight is 400 g/mol. The zero-order chi connectivity index (χ0) is 19.0. The number of aromatic nitrogens is 1. The Balaban J connectivity index is 1.57. The monoisotopic (exact) mass is 399 g/mol. The summed E-state index contributed by atoms with van der Waals surface area (Å²) < 4.78 is 0. The Hall–Kier alpha value is -2.11. The number of carbonyl (C=O) groups is 1. The number of nitrogens with zero attached hydrogens (tertiary/aromatic N) is 1. The molecule has 4 nitrogen and oxygen atoms in total. The molecule has 4 rings (SSSR count). The standard InChI is InChI=1S/C21H22ClN3OS/c1-2-12-5-8-17-14(9-12)10-16-18(23)19(27-21(16)25-17)20(26)24-11-13-3-6-15(22)7-4-13/h3-4,6-7,10,12H,2,5,8-9,11,23H2,1H3,(H,24,26)/t12-/m1/s1. The van der Waals surface area contributed by atoms with Crippen molar-refractivity contribution in [3.8, 4) is 0 Å². The number of rotatable bonds is 4. The molecule has 0 bridgehead atoms. The number of fused-ring (bicyclic) bond motifs is 2. The van der Waals surface area contributed by atoms with Crippen LogP contribution in [0.25, 0.3) is 10.2 Å². The fourth-order valence-electron chi connectivity index (χ4n) is 3.65. The Morgan fingerprint density at radius 1 is 1.37 bits per heavy atom. The number of carbonyl (C=O) groups excluding carboxylic acids is 1. The van der Waals surface area contributed by atoms with Crippen molar-refractivity contribution < 1.29 is 4.79 Å². The summed E-state index contributed by atoms with van der Waals surface area (Å²) in [4.78, 5) is 18.9. The number of thiophene rings is 1. The van der Waals surface area contributed by atoms with Crippen LogP contribution < -0.4 is 11.1 Å². The molecule has 1 amide bonds. The van der Waals surface area contributed by atoms with E-state index in [0.29, 0.717) is 22.1 Å². The highest BCUT2D eigenvalue weighted by Crippen LogP contribution is 2.36. The van der Waals surface area contributed by atoms with Crippen LogP contribution >= 0.6 is 22.9 Å². The molecule has 3 N–H and O–H groups in total. The van der Waals surface area contributed by atoms with Crippen molar-refractivity contribution in [2.24, 2.45) is 5.92 Å². The summed E-state index contributed by atoms with van der Waals surface area (Å²) in [6.45, 7) is 2.68. The van der Waals surface area contributed by atoms with Gasteiger partial charge in [-0.15, -0.1) is 11.3 Å². The van der Waals surface area contributed by atoms with E-state index >= 15 is 0 Å². The van der Waals surface area contributed by atoms with Crippen molar-refractivity contribution in [2.45, 2.75) is 39.2 Å². The van der Waals surface area contributed by atoms with Crippen LogP contribution in [-0.4, -0.2) is 10.9 Å². The molecule has 2 aromatic heterocycles. The first kappa shape index (κ1) is 18.3. The summed E-state index contributed by atoms with van der Waals surface area (Å²) in [5.74, 6) is 0.564. The smallest absolute Gasteiger partial charge is 0.263 e. The Bertz CT molecular complexity index is 997. The highest BCUT2D eigenvalue weighted by molar-refractivity contribution is 7.21. The first-order valence-corrected chi connectivity index (χ1v) is 10.5. The lowest BCUT2D eigenvalue weighted by Crippen LogP contribution is -2.22. The second-order valence-corrected chi connectivity index (χ2v) is 8.55. The molecule has 1 aliphatic rings. The van der Waals surface area contributed by atoms with E-state index in [4.69, 9.17) is 22.3 Å². The summed E-state index contributed by atoms with van der Waals surface area (Å²) in [6, 6.07) is 9.58. The van der Waals surface area contributed by atoms with Crippen LogP contribution in [0.3, 0.4) is 0 Å². The van der Waals surface area contributed by atoms with Crippen LogP contribution in [-0.2, 0) is 19.4 Å². The Morgan fingerprint density at radius 2 is 2.15 bits per heavy atom. The molecular weight excluding hydrogens is 378 g/mol. The number of halogens is 1. The number of hydrogen-bond donors (Lipinski definition) is 2. The zero-order valence-electron chi connectivity index (χ0n) is 15.2. The van der Waals surface area contributed by atoms with Crippen LogP contribution in [0.1, 0.15) is 46.3 Å². The van der Waals surface area contributed by atoms with E-state index in [2.05, 4.69) is 18.3 Å². The van der Waals surface area contributed by atoms with E-state index in [-0.39, 0.29) is 5.91 Å². The molecule has 0 radical (unpaired) electrons. The summed E-state index contributed by atoms with van der Waals surface area (Å²) in [6.07, 6.45) is 4.45. The van der Waals surface area contributed by atoms with Crippen molar-refractivity contribution in [2.75, 3.05) is 5.73 Å². The summed E-state index contributed by atoms with van der Waals surface area (Å²) >= 11 is 7.28. The predicted octanol–water partition coefficient (Wildman–Crippen LogP) is 4.98. The first-order valence-electron chi connectivity index (χ1n) is 9.28. The van der Waals surface area contributed by atoms with Gasteiger partial charge in [0, 0.05) is 22.6 Å². The van der Waals surface area contributed by atoms with Crippen LogP contribution in [0.2, 0.25) is 5.02 Å². The lowest BCUT2D eigenvalue weighted by Gasteiger charge is -2.22. The third kappa shape index (κ3) is 3.66. The lowest BCUT2D eigenvalue weighted by atomic mass is 9.85. The molecule has 3 aromatic rings. The van der Waals surface area contributed by atoms with Gasteiger partial charge >= 0.3 is 0 Å². The summed E-state index contributed by atoms with van der Waals surface area (Å²) in [5.41, 5.74) is 10.3. The molecule has 140 valence electrons. The molecule has 1 aliphatic carbocycles. The molecule has 0 saturated carbocycles. The van der Waals surface area contributed by atoms with Crippen molar-refractivity contribution >= 4 is 44.7 Å². The highest BCUT2D eigenvalue weighted by atomic mass is 35.5. The maximum absolute atomic E-state index is 12.7. The van der Waals surface area contributed by atoms with Gasteiger partial charge in [0.05, 0.1) is 5.69 Å².